The first-order chi connectivity index (χ1) is 5.61. The van der Waals surface area contributed by atoms with Crippen molar-refractivity contribution in [3.05, 3.63) is 23.9 Å². The third-order valence-electron chi connectivity index (χ3n) is 1.61. The van der Waals surface area contributed by atoms with E-state index in [2.05, 4.69) is 37.6 Å². The van der Waals surface area contributed by atoms with Crippen LogP contribution < -0.4 is 0 Å². The van der Waals surface area contributed by atoms with Crippen molar-refractivity contribution in [1.29, 1.82) is 0 Å². The van der Waals surface area contributed by atoms with E-state index in [9.17, 15) is 0 Å². The molecule has 0 N–H and O–H groups in total. The maximum atomic E-state index is 4.04. The van der Waals surface area contributed by atoms with Gasteiger partial charge in [0.25, 0.3) is 0 Å². The Labute approximate surface area is 75.1 Å². The summed E-state index contributed by atoms with van der Waals surface area (Å²) in [5.41, 5.74) is 2.11. The van der Waals surface area contributed by atoms with Crippen molar-refractivity contribution in [1.82, 2.24) is 0 Å². The Morgan fingerprint density at radius 3 is 2.42 bits per heavy atom. The molecule has 0 aliphatic heterocycles. The van der Waals surface area contributed by atoms with Gasteiger partial charge in [0.2, 0.25) is 0 Å². The molecule has 0 spiro atoms. The van der Waals surface area contributed by atoms with Gasteiger partial charge in [-0.15, -0.1) is 0 Å². The Hall–Kier alpha value is -0.920. The van der Waals surface area contributed by atoms with E-state index in [0.29, 0.717) is 5.92 Å². The van der Waals surface area contributed by atoms with Crippen LogP contribution in [0.1, 0.15) is 27.2 Å². The smallest absolute Gasteiger partial charge is 0.0654 e. The fourth-order valence-electron chi connectivity index (χ4n) is 0.738. The van der Waals surface area contributed by atoms with Gasteiger partial charge in [-0.1, -0.05) is 32.9 Å². The maximum absolute atomic E-state index is 4.04. The maximum Gasteiger partial charge on any atom is 0.0654 e. The second-order valence-corrected chi connectivity index (χ2v) is 3.04. The Bertz CT molecular complexity index is 200. The van der Waals surface area contributed by atoms with Crippen LogP contribution in [0.4, 0.5) is 0 Å². The lowest BCUT2D eigenvalue weighted by atomic mass is 10.1. The lowest BCUT2D eigenvalue weighted by Gasteiger charge is -2.04. The van der Waals surface area contributed by atoms with E-state index in [1.54, 1.807) is 7.05 Å². The highest BCUT2D eigenvalue weighted by molar-refractivity contribution is 5.20. The fourth-order valence-corrected chi connectivity index (χ4v) is 0.738. The molecule has 0 fully saturated rings. The first-order valence-electron chi connectivity index (χ1n) is 4.31. The topological polar surface area (TPSA) is 24.7 Å². The van der Waals surface area contributed by atoms with Gasteiger partial charge in [-0.2, -0.15) is 10.2 Å². The highest BCUT2D eigenvalue weighted by atomic mass is 15.1. The van der Waals surface area contributed by atoms with Gasteiger partial charge in [-0.05, 0) is 18.4 Å². The summed E-state index contributed by atoms with van der Waals surface area (Å²) in [5, 5.41) is 7.80. The molecule has 0 bridgehead atoms. The summed E-state index contributed by atoms with van der Waals surface area (Å²) in [6.45, 7) is 10.2. The van der Waals surface area contributed by atoms with Crippen LogP contribution in [0.5, 0.6) is 0 Å². The molecule has 2 heteroatoms. The predicted octanol–water partition coefficient (Wildman–Crippen LogP) is 3.57. The molecule has 0 aromatic carbocycles. The van der Waals surface area contributed by atoms with Crippen molar-refractivity contribution in [3.8, 4) is 0 Å². The Morgan fingerprint density at radius 1 is 1.50 bits per heavy atom. The molecule has 0 rings (SSSR count). The van der Waals surface area contributed by atoms with Crippen LogP contribution in [0.25, 0.3) is 0 Å². The third kappa shape index (κ3) is 4.06. The molecule has 0 unspecified atom stereocenters. The SMILES string of the molecule is C=C(/C=C(\N=NC)C(C)C)CC. The summed E-state index contributed by atoms with van der Waals surface area (Å²) in [6, 6.07) is 0. The summed E-state index contributed by atoms with van der Waals surface area (Å²) in [6.07, 6.45) is 2.98. The first kappa shape index (κ1) is 11.1. The van der Waals surface area contributed by atoms with E-state index in [1.165, 1.54) is 0 Å². The fraction of sp³-hybridized carbons (Fsp3) is 0.600. The molecular formula is C10H18N2. The average Bonchev–Trinajstić information content (AvgIpc) is 2.03. The monoisotopic (exact) mass is 166 g/mol. The Balaban J connectivity index is 4.49. The summed E-state index contributed by atoms with van der Waals surface area (Å²) in [7, 11) is 1.69. The highest BCUT2D eigenvalue weighted by Crippen LogP contribution is 2.14. The van der Waals surface area contributed by atoms with Gasteiger partial charge in [0.1, 0.15) is 0 Å². The lowest BCUT2D eigenvalue weighted by molar-refractivity contribution is 0.736. The summed E-state index contributed by atoms with van der Waals surface area (Å²) in [5.74, 6) is 0.414. The second-order valence-electron chi connectivity index (χ2n) is 3.04. The number of nitrogens with zero attached hydrogens (tertiary/aromatic N) is 2. The number of hydrogen-bond donors (Lipinski definition) is 0. The van der Waals surface area contributed by atoms with Crippen LogP contribution >= 0.6 is 0 Å². The van der Waals surface area contributed by atoms with Crippen molar-refractivity contribution in [3.63, 3.8) is 0 Å². The average molecular weight is 166 g/mol. The van der Waals surface area contributed by atoms with E-state index in [4.69, 9.17) is 0 Å². The van der Waals surface area contributed by atoms with Crippen molar-refractivity contribution in [2.75, 3.05) is 7.05 Å². The van der Waals surface area contributed by atoms with Gasteiger partial charge in [0.05, 0.1) is 5.70 Å². The molecule has 0 aliphatic carbocycles. The van der Waals surface area contributed by atoms with Gasteiger partial charge in [-0.25, -0.2) is 0 Å². The van der Waals surface area contributed by atoms with E-state index in [1.807, 2.05) is 6.08 Å². The quantitative estimate of drug-likeness (QED) is 0.450. The first-order valence-corrected chi connectivity index (χ1v) is 4.31. The highest BCUT2D eigenvalue weighted by Gasteiger charge is 2.00. The van der Waals surface area contributed by atoms with Gasteiger partial charge in [0.15, 0.2) is 0 Å². The summed E-state index contributed by atoms with van der Waals surface area (Å²) in [4.78, 5) is 0. The number of azo groups is 1. The van der Waals surface area contributed by atoms with E-state index in [0.717, 1.165) is 17.7 Å². The van der Waals surface area contributed by atoms with Gasteiger partial charge in [-0.3, -0.25) is 0 Å². The Kier molecular flexibility index (Phi) is 5.26. The van der Waals surface area contributed by atoms with Gasteiger partial charge in [0, 0.05) is 7.05 Å². The zero-order valence-electron chi connectivity index (χ0n) is 8.46. The molecule has 0 amide bonds. The molecule has 0 radical (unpaired) electrons. The van der Waals surface area contributed by atoms with E-state index < -0.39 is 0 Å². The molecule has 0 saturated heterocycles. The molecule has 0 aromatic rings. The molecule has 0 atom stereocenters. The molecule has 0 aliphatic rings. The zero-order chi connectivity index (χ0) is 9.56. The van der Waals surface area contributed by atoms with Gasteiger partial charge >= 0.3 is 0 Å². The van der Waals surface area contributed by atoms with Gasteiger partial charge < -0.3 is 0 Å². The molecule has 0 aromatic heterocycles. The van der Waals surface area contributed by atoms with Crippen molar-refractivity contribution < 1.29 is 0 Å². The predicted molar refractivity (Wildman–Crippen MR) is 53.1 cm³/mol. The zero-order valence-corrected chi connectivity index (χ0v) is 8.46. The summed E-state index contributed by atoms with van der Waals surface area (Å²) >= 11 is 0. The minimum absolute atomic E-state index is 0.414. The third-order valence-corrected chi connectivity index (χ3v) is 1.61. The second kappa shape index (κ2) is 5.70. The van der Waals surface area contributed by atoms with Crippen molar-refractivity contribution >= 4 is 0 Å². The van der Waals surface area contributed by atoms with Crippen LogP contribution in [0.2, 0.25) is 0 Å². The molecule has 2 nitrogen and oxygen atoms in total. The normalized spacial score (nSPS) is 12.9. The van der Waals surface area contributed by atoms with Crippen LogP contribution in [0.15, 0.2) is 34.2 Å². The largest absolute Gasteiger partial charge is 0.192 e. The minimum atomic E-state index is 0.414. The van der Waals surface area contributed by atoms with Crippen molar-refractivity contribution in [2.45, 2.75) is 27.2 Å². The lowest BCUT2D eigenvalue weighted by Crippen LogP contribution is -1.90. The van der Waals surface area contributed by atoms with Crippen LogP contribution in [0.3, 0.4) is 0 Å². The number of rotatable bonds is 4. The van der Waals surface area contributed by atoms with Crippen LogP contribution in [0, 0.1) is 5.92 Å². The van der Waals surface area contributed by atoms with E-state index in [-0.39, 0.29) is 0 Å². The standard InChI is InChI=1S/C10H18N2/c1-6-9(4)7-10(8(2)3)12-11-5/h7-8H,4,6H2,1-3,5H3/b10-7-,12-11?. The van der Waals surface area contributed by atoms with E-state index >= 15 is 0 Å². The molecule has 0 heterocycles. The van der Waals surface area contributed by atoms with Crippen LogP contribution in [-0.4, -0.2) is 7.05 Å². The molecule has 12 heavy (non-hydrogen) atoms. The van der Waals surface area contributed by atoms with Crippen molar-refractivity contribution in [2.24, 2.45) is 16.1 Å². The molecule has 68 valence electrons. The van der Waals surface area contributed by atoms with Crippen LogP contribution in [-0.2, 0) is 0 Å². The minimum Gasteiger partial charge on any atom is -0.192 e. The Morgan fingerprint density at radius 2 is 2.08 bits per heavy atom. The molecule has 0 saturated carbocycles. The molecular weight excluding hydrogens is 148 g/mol. The summed E-state index contributed by atoms with van der Waals surface area (Å²) < 4.78 is 0. The number of hydrogen-bond acceptors (Lipinski definition) is 2. The number of allylic oxidation sites excluding steroid dienone is 3.